The molecule has 134 valence electrons. The fraction of sp³-hybridized carbons (Fsp3) is 0.444. The number of rotatable bonds is 4. The maximum absolute atomic E-state index is 12.5. The van der Waals surface area contributed by atoms with Gasteiger partial charge in [0.15, 0.2) is 0 Å². The lowest BCUT2D eigenvalue weighted by atomic mass is 9.93. The number of hydrogen-bond donors (Lipinski definition) is 3. The maximum Gasteiger partial charge on any atom is 0.272 e. The van der Waals surface area contributed by atoms with E-state index in [1.54, 1.807) is 24.9 Å². The van der Waals surface area contributed by atoms with E-state index in [2.05, 4.69) is 10.4 Å². The van der Waals surface area contributed by atoms with Gasteiger partial charge in [-0.25, -0.2) is 0 Å². The molecular weight excluding hydrogens is 322 g/mol. The molecule has 0 spiro atoms. The summed E-state index contributed by atoms with van der Waals surface area (Å²) in [4.78, 5) is 12.5. The zero-order valence-corrected chi connectivity index (χ0v) is 14.5. The molecule has 25 heavy (non-hydrogen) atoms. The highest BCUT2D eigenvalue weighted by Gasteiger charge is 2.43. The van der Waals surface area contributed by atoms with Crippen molar-refractivity contribution in [1.82, 2.24) is 15.1 Å². The molecule has 1 saturated carbocycles. The summed E-state index contributed by atoms with van der Waals surface area (Å²) in [6.45, 7) is 1.86. The van der Waals surface area contributed by atoms with Gasteiger partial charge in [-0.15, -0.1) is 0 Å². The van der Waals surface area contributed by atoms with Crippen LogP contribution in [0.25, 0.3) is 0 Å². The lowest BCUT2D eigenvalue weighted by molar-refractivity contribution is 0.0294. The Morgan fingerprint density at radius 2 is 2.00 bits per heavy atom. The fourth-order valence-corrected chi connectivity index (χ4v) is 3.30. The van der Waals surface area contributed by atoms with Gasteiger partial charge in [0.2, 0.25) is 0 Å². The number of nitrogens with one attached hydrogen (secondary N) is 1. The number of amides is 1. The molecule has 1 aliphatic carbocycles. The average Bonchev–Trinajstić information content (AvgIpc) is 3.09. The molecule has 1 aliphatic rings. The SMILES string of the molecule is COc1ccc([C@H]2C[C@@H](O)[C@@H](O)[C@@H]2NC(=O)c2cc(C)n(C)n2)cc1. The fourth-order valence-electron chi connectivity index (χ4n) is 3.30. The molecule has 7 heteroatoms. The number of aryl methyl sites for hydroxylation is 2. The quantitative estimate of drug-likeness (QED) is 0.760. The predicted molar refractivity (Wildman–Crippen MR) is 91.6 cm³/mol. The van der Waals surface area contributed by atoms with Crippen molar-refractivity contribution in [3.05, 3.63) is 47.3 Å². The monoisotopic (exact) mass is 345 g/mol. The van der Waals surface area contributed by atoms with Crippen molar-refractivity contribution in [3.8, 4) is 5.75 Å². The van der Waals surface area contributed by atoms with Crippen LogP contribution >= 0.6 is 0 Å². The number of methoxy groups -OCH3 is 1. The van der Waals surface area contributed by atoms with Crippen LogP contribution in [-0.4, -0.2) is 51.3 Å². The van der Waals surface area contributed by atoms with Gasteiger partial charge in [-0.3, -0.25) is 9.48 Å². The second-order valence-corrected chi connectivity index (χ2v) is 6.47. The summed E-state index contributed by atoms with van der Waals surface area (Å²) < 4.78 is 6.78. The van der Waals surface area contributed by atoms with Crippen molar-refractivity contribution in [3.63, 3.8) is 0 Å². The molecule has 1 aromatic carbocycles. The van der Waals surface area contributed by atoms with Gasteiger partial charge in [-0.2, -0.15) is 5.10 Å². The Hall–Kier alpha value is -2.38. The lowest BCUT2D eigenvalue weighted by Gasteiger charge is -2.23. The third-order valence-corrected chi connectivity index (χ3v) is 4.88. The minimum atomic E-state index is -1.03. The van der Waals surface area contributed by atoms with Gasteiger partial charge in [0.05, 0.1) is 19.3 Å². The van der Waals surface area contributed by atoms with Crippen molar-refractivity contribution >= 4 is 5.91 Å². The summed E-state index contributed by atoms with van der Waals surface area (Å²) in [7, 11) is 3.36. The molecule has 0 radical (unpaired) electrons. The van der Waals surface area contributed by atoms with E-state index in [9.17, 15) is 15.0 Å². The summed E-state index contributed by atoms with van der Waals surface area (Å²) >= 11 is 0. The van der Waals surface area contributed by atoms with Crippen molar-refractivity contribution in [2.24, 2.45) is 7.05 Å². The van der Waals surface area contributed by atoms with Gasteiger partial charge in [0.25, 0.3) is 5.91 Å². The number of ether oxygens (including phenoxy) is 1. The van der Waals surface area contributed by atoms with Crippen molar-refractivity contribution < 1.29 is 19.7 Å². The van der Waals surface area contributed by atoms with Gasteiger partial charge >= 0.3 is 0 Å². The molecule has 1 fully saturated rings. The number of aliphatic hydroxyl groups is 2. The Balaban J connectivity index is 1.81. The highest BCUT2D eigenvalue weighted by atomic mass is 16.5. The largest absolute Gasteiger partial charge is 0.497 e. The number of carbonyl (C=O) groups is 1. The highest BCUT2D eigenvalue weighted by molar-refractivity contribution is 5.92. The van der Waals surface area contributed by atoms with E-state index in [4.69, 9.17) is 4.74 Å². The first-order valence-corrected chi connectivity index (χ1v) is 8.22. The summed E-state index contributed by atoms with van der Waals surface area (Å²) in [5, 5.41) is 27.4. The van der Waals surface area contributed by atoms with Gasteiger partial charge in [0, 0.05) is 18.7 Å². The minimum absolute atomic E-state index is 0.190. The number of benzene rings is 1. The topological polar surface area (TPSA) is 96.6 Å². The van der Waals surface area contributed by atoms with Crippen LogP contribution in [0.2, 0.25) is 0 Å². The molecule has 0 saturated heterocycles. The van der Waals surface area contributed by atoms with E-state index in [0.29, 0.717) is 12.1 Å². The number of hydrogen-bond acceptors (Lipinski definition) is 5. The Morgan fingerprint density at radius 1 is 1.32 bits per heavy atom. The van der Waals surface area contributed by atoms with E-state index >= 15 is 0 Å². The van der Waals surface area contributed by atoms with E-state index in [-0.39, 0.29) is 11.8 Å². The van der Waals surface area contributed by atoms with Gasteiger partial charge in [-0.05, 0) is 37.1 Å². The molecule has 4 atom stereocenters. The van der Waals surface area contributed by atoms with Crippen LogP contribution < -0.4 is 10.1 Å². The number of aromatic nitrogens is 2. The molecule has 2 aromatic rings. The molecule has 1 aromatic heterocycles. The third kappa shape index (κ3) is 3.38. The first kappa shape index (κ1) is 17.4. The van der Waals surface area contributed by atoms with E-state index in [1.807, 2.05) is 31.2 Å². The van der Waals surface area contributed by atoms with Crippen LogP contribution in [-0.2, 0) is 7.05 Å². The smallest absolute Gasteiger partial charge is 0.272 e. The Kier molecular flexibility index (Phi) is 4.78. The van der Waals surface area contributed by atoms with E-state index in [1.165, 1.54) is 0 Å². The molecule has 0 aliphatic heterocycles. The summed E-state index contributed by atoms with van der Waals surface area (Å²) in [6.07, 6.45) is -1.54. The Morgan fingerprint density at radius 3 is 2.56 bits per heavy atom. The molecule has 0 unspecified atom stereocenters. The molecular formula is C18H23N3O4. The second-order valence-electron chi connectivity index (χ2n) is 6.47. The first-order chi connectivity index (χ1) is 11.9. The van der Waals surface area contributed by atoms with Crippen LogP contribution in [0.1, 0.15) is 34.1 Å². The molecule has 0 bridgehead atoms. The van der Waals surface area contributed by atoms with Crippen LogP contribution in [0.4, 0.5) is 0 Å². The summed E-state index contributed by atoms with van der Waals surface area (Å²) in [5.41, 5.74) is 2.09. The van der Waals surface area contributed by atoms with Crippen molar-refractivity contribution in [2.75, 3.05) is 7.11 Å². The number of nitrogens with zero attached hydrogens (tertiary/aromatic N) is 2. The highest BCUT2D eigenvalue weighted by Crippen LogP contribution is 2.36. The zero-order valence-electron chi connectivity index (χ0n) is 14.5. The normalized spacial score (nSPS) is 25.8. The number of aliphatic hydroxyl groups excluding tert-OH is 2. The average molecular weight is 345 g/mol. The predicted octanol–water partition coefficient (Wildman–Crippen LogP) is 0.745. The number of carbonyl (C=O) groups excluding carboxylic acids is 1. The Bertz CT molecular complexity index is 737. The molecule has 7 nitrogen and oxygen atoms in total. The first-order valence-electron chi connectivity index (χ1n) is 8.22. The summed E-state index contributed by atoms with van der Waals surface area (Å²) in [5.74, 6) is 0.178. The lowest BCUT2D eigenvalue weighted by Crippen LogP contribution is -2.45. The van der Waals surface area contributed by atoms with Gasteiger partial charge in [-0.1, -0.05) is 12.1 Å². The molecule has 3 N–H and O–H groups in total. The zero-order chi connectivity index (χ0) is 18.1. The standard InChI is InChI=1S/C18H23N3O4/c1-10-8-14(20-21(10)2)18(24)19-16-13(9-15(22)17(16)23)11-4-6-12(25-3)7-5-11/h4-8,13,15-17,22-23H,9H2,1-3H3,(H,19,24)/t13-,15-,16-,17-/m1/s1. The second kappa shape index (κ2) is 6.85. The van der Waals surface area contributed by atoms with Crippen LogP contribution in [0.15, 0.2) is 30.3 Å². The van der Waals surface area contributed by atoms with Crippen LogP contribution in [0, 0.1) is 6.92 Å². The van der Waals surface area contributed by atoms with Crippen LogP contribution in [0.5, 0.6) is 5.75 Å². The molecule has 1 amide bonds. The van der Waals surface area contributed by atoms with E-state index < -0.39 is 18.2 Å². The summed E-state index contributed by atoms with van der Waals surface area (Å²) in [6, 6.07) is 8.53. The van der Waals surface area contributed by atoms with Crippen LogP contribution in [0.3, 0.4) is 0 Å². The third-order valence-electron chi connectivity index (χ3n) is 4.88. The Labute approximate surface area is 146 Å². The minimum Gasteiger partial charge on any atom is -0.497 e. The van der Waals surface area contributed by atoms with Gasteiger partial charge in [0.1, 0.15) is 17.5 Å². The molecule has 3 rings (SSSR count). The molecule has 1 heterocycles. The maximum atomic E-state index is 12.5. The van der Waals surface area contributed by atoms with Gasteiger partial charge < -0.3 is 20.3 Å². The van der Waals surface area contributed by atoms with E-state index in [0.717, 1.165) is 17.0 Å². The van der Waals surface area contributed by atoms with Crippen molar-refractivity contribution in [1.29, 1.82) is 0 Å². The van der Waals surface area contributed by atoms with Crippen molar-refractivity contribution in [2.45, 2.75) is 37.5 Å².